The zero-order valence-corrected chi connectivity index (χ0v) is 10.8. The summed E-state index contributed by atoms with van der Waals surface area (Å²) >= 11 is 3.78. The molecule has 0 unspecified atom stereocenters. The molecule has 0 heterocycles. The van der Waals surface area contributed by atoms with Crippen LogP contribution in [0.15, 0.2) is 23.1 Å². The number of hydrogen-bond donors (Lipinski definition) is 1. The predicted octanol–water partition coefficient (Wildman–Crippen LogP) is 3.12. The summed E-state index contributed by atoms with van der Waals surface area (Å²) in [5.74, 6) is 4.34. The van der Waals surface area contributed by atoms with Crippen molar-refractivity contribution < 1.29 is 4.74 Å². The van der Waals surface area contributed by atoms with Gasteiger partial charge in [-0.2, -0.15) is 11.8 Å². The van der Waals surface area contributed by atoms with E-state index in [9.17, 15) is 0 Å². The number of ether oxygens (including phenoxy) is 1. The fourth-order valence-corrected chi connectivity index (χ4v) is 2.92. The Labute approximate surface area is 100.0 Å². The van der Waals surface area contributed by atoms with Crippen molar-refractivity contribution in [1.82, 2.24) is 0 Å². The van der Waals surface area contributed by atoms with Gasteiger partial charge in [-0.1, -0.05) is 6.92 Å². The smallest absolute Gasteiger partial charge is 0.134 e. The number of thioether (sulfide) groups is 2. The summed E-state index contributed by atoms with van der Waals surface area (Å²) in [5.41, 5.74) is 6.44. The first-order valence-electron chi connectivity index (χ1n) is 4.92. The molecule has 0 fully saturated rings. The third-order valence-electron chi connectivity index (χ3n) is 1.88. The fourth-order valence-electron chi connectivity index (χ4n) is 1.16. The van der Waals surface area contributed by atoms with Gasteiger partial charge in [0, 0.05) is 28.2 Å². The van der Waals surface area contributed by atoms with Crippen LogP contribution in [0.25, 0.3) is 0 Å². The Morgan fingerprint density at radius 2 is 2.13 bits per heavy atom. The topological polar surface area (TPSA) is 35.2 Å². The minimum absolute atomic E-state index is 0.749. The summed E-state index contributed by atoms with van der Waals surface area (Å²) in [7, 11) is 1.68. The lowest BCUT2D eigenvalue weighted by Crippen LogP contribution is -1.92. The van der Waals surface area contributed by atoms with Crippen LogP contribution in [0.3, 0.4) is 0 Å². The van der Waals surface area contributed by atoms with E-state index >= 15 is 0 Å². The van der Waals surface area contributed by atoms with Gasteiger partial charge in [0.1, 0.15) is 5.75 Å². The second-order valence-electron chi connectivity index (χ2n) is 2.96. The van der Waals surface area contributed by atoms with Crippen molar-refractivity contribution in [2.45, 2.75) is 11.8 Å². The van der Waals surface area contributed by atoms with Gasteiger partial charge in [0.05, 0.1) is 7.11 Å². The van der Waals surface area contributed by atoms with Gasteiger partial charge in [-0.15, -0.1) is 11.8 Å². The van der Waals surface area contributed by atoms with Crippen molar-refractivity contribution in [3.05, 3.63) is 18.2 Å². The van der Waals surface area contributed by atoms with Crippen molar-refractivity contribution in [1.29, 1.82) is 0 Å². The monoisotopic (exact) mass is 243 g/mol. The quantitative estimate of drug-likeness (QED) is 0.473. The molecule has 0 atom stereocenters. The average molecular weight is 243 g/mol. The normalized spacial score (nSPS) is 10.3. The minimum atomic E-state index is 0.749. The molecule has 0 saturated heterocycles. The number of hydrogen-bond acceptors (Lipinski definition) is 4. The zero-order valence-electron chi connectivity index (χ0n) is 9.16. The van der Waals surface area contributed by atoms with E-state index in [1.807, 2.05) is 41.7 Å². The highest BCUT2D eigenvalue weighted by Gasteiger charge is 2.03. The summed E-state index contributed by atoms with van der Waals surface area (Å²) in [6.07, 6.45) is 0. The molecule has 84 valence electrons. The first-order valence-corrected chi connectivity index (χ1v) is 7.06. The van der Waals surface area contributed by atoms with E-state index in [-0.39, 0.29) is 0 Å². The molecule has 0 amide bonds. The molecule has 0 aliphatic rings. The Hall–Kier alpha value is -0.480. The van der Waals surface area contributed by atoms with Gasteiger partial charge in [0.25, 0.3) is 0 Å². The van der Waals surface area contributed by atoms with E-state index in [0.29, 0.717) is 0 Å². The van der Waals surface area contributed by atoms with Gasteiger partial charge in [0.2, 0.25) is 0 Å². The van der Waals surface area contributed by atoms with Crippen LogP contribution in [-0.4, -0.2) is 24.4 Å². The Kier molecular flexibility index (Phi) is 5.79. The van der Waals surface area contributed by atoms with Crippen LogP contribution in [0, 0.1) is 0 Å². The van der Waals surface area contributed by atoms with Crippen molar-refractivity contribution in [3.8, 4) is 5.75 Å². The molecule has 0 radical (unpaired) electrons. The maximum Gasteiger partial charge on any atom is 0.134 e. The SMILES string of the molecule is CCSCCSc1ccc(N)cc1OC. The number of rotatable bonds is 6. The number of benzene rings is 1. The van der Waals surface area contributed by atoms with Crippen LogP contribution >= 0.6 is 23.5 Å². The molecule has 0 aromatic heterocycles. The zero-order chi connectivity index (χ0) is 11.1. The predicted molar refractivity (Wildman–Crippen MR) is 71.1 cm³/mol. The molecule has 0 aliphatic heterocycles. The first kappa shape index (κ1) is 12.6. The lowest BCUT2D eigenvalue weighted by atomic mass is 10.3. The Bertz CT molecular complexity index is 305. The maximum atomic E-state index is 5.69. The van der Waals surface area contributed by atoms with Gasteiger partial charge in [-0.25, -0.2) is 0 Å². The summed E-state index contributed by atoms with van der Waals surface area (Å²) in [5, 5.41) is 0. The molecule has 1 aromatic carbocycles. The van der Waals surface area contributed by atoms with Crippen molar-refractivity contribution in [2.75, 3.05) is 30.1 Å². The van der Waals surface area contributed by atoms with E-state index in [0.717, 1.165) is 17.2 Å². The van der Waals surface area contributed by atoms with Gasteiger partial charge in [-0.05, 0) is 17.9 Å². The lowest BCUT2D eigenvalue weighted by molar-refractivity contribution is 0.405. The fraction of sp³-hybridized carbons (Fsp3) is 0.455. The molecule has 0 aliphatic carbocycles. The van der Waals surface area contributed by atoms with E-state index in [2.05, 4.69) is 6.92 Å². The van der Waals surface area contributed by atoms with Crippen molar-refractivity contribution in [2.24, 2.45) is 0 Å². The number of nitrogens with two attached hydrogens (primary N) is 1. The van der Waals surface area contributed by atoms with Crippen molar-refractivity contribution in [3.63, 3.8) is 0 Å². The van der Waals surface area contributed by atoms with Gasteiger partial charge in [-0.3, -0.25) is 0 Å². The molecule has 0 bridgehead atoms. The molecule has 1 rings (SSSR count). The van der Waals surface area contributed by atoms with Crippen molar-refractivity contribution >= 4 is 29.2 Å². The molecular weight excluding hydrogens is 226 g/mol. The molecule has 4 heteroatoms. The van der Waals surface area contributed by atoms with E-state index in [1.165, 1.54) is 16.4 Å². The Morgan fingerprint density at radius 1 is 1.33 bits per heavy atom. The largest absolute Gasteiger partial charge is 0.496 e. The van der Waals surface area contributed by atoms with Gasteiger partial charge in [0.15, 0.2) is 0 Å². The average Bonchev–Trinajstić information content (AvgIpc) is 2.26. The van der Waals surface area contributed by atoms with E-state index in [4.69, 9.17) is 10.5 Å². The number of nitrogen functional groups attached to an aromatic ring is 1. The summed E-state index contributed by atoms with van der Waals surface area (Å²) < 4.78 is 5.28. The van der Waals surface area contributed by atoms with Crippen LogP contribution < -0.4 is 10.5 Å². The lowest BCUT2D eigenvalue weighted by Gasteiger charge is -2.08. The van der Waals surface area contributed by atoms with E-state index in [1.54, 1.807) is 7.11 Å². The Morgan fingerprint density at radius 3 is 2.80 bits per heavy atom. The van der Waals surface area contributed by atoms with Crippen LogP contribution in [0.5, 0.6) is 5.75 Å². The van der Waals surface area contributed by atoms with Crippen LogP contribution in [0.4, 0.5) is 5.69 Å². The number of anilines is 1. The Balaban J connectivity index is 2.52. The van der Waals surface area contributed by atoms with Crippen LogP contribution in [-0.2, 0) is 0 Å². The summed E-state index contributed by atoms with van der Waals surface area (Å²) in [6, 6.07) is 5.81. The molecule has 1 aromatic rings. The molecule has 0 saturated carbocycles. The highest BCUT2D eigenvalue weighted by Crippen LogP contribution is 2.31. The third kappa shape index (κ3) is 4.26. The maximum absolute atomic E-state index is 5.69. The summed E-state index contributed by atoms with van der Waals surface area (Å²) in [6.45, 7) is 2.18. The molecule has 2 nitrogen and oxygen atoms in total. The minimum Gasteiger partial charge on any atom is -0.496 e. The standard InChI is InChI=1S/C11H17NOS2/c1-3-14-6-7-15-11-5-4-9(12)8-10(11)13-2/h4-5,8H,3,6-7,12H2,1-2H3. The molecule has 15 heavy (non-hydrogen) atoms. The first-order chi connectivity index (χ1) is 7.27. The van der Waals surface area contributed by atoms with Gasteiger partial charge >= 0.3 is 0 Å². The second kappa shape index (κ2) is 6.90. The molecular formula is C11H17NOS2. The van der Waals surface area contributed by atoms with Crippen LogP contribution in [0.1, 0.15) is 6.92 Å². The third-order valence-corrected chi connectivity index (χ3v) is 4.09. The highest BCUT2D eigenvalue weighted by molar-refractivity contribution is 8.03. The van der Waals surface area contributed by atoms with Crippen LogP contribution in [0.2, 0.25) is 0 Å². The van der Waals surface area contributed by atoms with Gasteiger partial charge < -0.3 is 10.5 Å². The molecule has 0 spiro atoms. The second-order valence-corrected chi connectivity index (χ2v) is 5.49. The summed E-state index contributed by atoms with van der Waals surface area (Å²) in [4.78, 5) is 1.17. The number of methoxy groups -OCH3 is 1. The molecule has 2 N–H and O–H groups in total. The van der Waals surface area contributed by atoms with E-state index < -0.39 is 0 Å². The highest BCUT2D eigenvalue weighted by atomic mass is 32.2.